The number of phosphoric ester groups is 1. The maximum atomic E-state index is 12.0. The quantitative estimate of drug-likeness (QED) is 0.145. The van der Waals surface area contributed by atoms with Crippen LogP contribution in [0.5, 0.6) is 0 Å². The number of anilines is 1. The van der Waals surface area contributed by atoms with Gasteiger partial charge in [0.25, 0.3) is 0 Å². The molecule has 1 aliphatic rings. The molecule has 0 radical (unpaired) electrons. The number of aliphatic hydroxyl groups is 1. The van der Waals surface area contributed by atoms with E-state index in [1.165, 1.54) is 6.07 Å². The molecule has 20 heteroatoms. The van der Waals surface area contributed by atoms with Gasteiger partial charge in [-0.15, -0.1) is 6.42 Å². The fourth-order valence-corrected chi connectivity index (χ4v) is 5.49. The lowest BCUT2D eigenvalue weighted by Gasteiger charge is -2.27. The van der Waals surface area contributed by atoms with Gasteiger partial charge in [0, 0.05) is 6.20 Å². The van der Waals surface area contributed by atoms with Crippen LogP contribution in [0.4, 0.5) is 5.82 Å². The molecular formula is C11H17N4O13P3. The molecule has 31 heavy (non-hydrogen) atoms. The van der Waals surface area contributed by atoms with E-state index in [4.69, 9.17) is 37.3 Å². The lowest BCUT2D eigenvalue weighted by atomic mass is 9.92. The van der Waals surface area contributed by atoms with Crippen LogP contribution in [0, 0.1) is 12.3 Å². The first-order chi connectivity index (χ1) is 14.0. The van der Waals surface area contributed by atoms with Crippen molar-refractivity contribution in [2.24, 2.45) is 5.73 Å². The molecule has 1 saturated heterocycles. The summed E-state index contributed by atoms with van der Waals surface area (Å²) in [6.07, 6.45) is 1.54. The van der Waals surface area contributed by atoms with Crippen LogP contribution in [0.25, 0.3) is 0 Å². The topological polar surface area (TPSA) is 276 Å². The van der Waals surface area contributed by atoms with E-state index in [0.29, 0.717) is 0 Å². The Hall–Kier alpha value is -1.47. The van der Waals surface area contributed by atoms with Gasteiger partial charge in [-0.1, -0.05) is 5.92 Å². The van der Waals surface area contributed by atoms with E-state index in [-0.39, 0.29) is 5.82 Å². The first kappa shape index (κ1) is 25.8. The second kappa shape index (κ2) is 8.81. The van der Waals surface area contributed by atoms with E-state index >= 15 is 0 Å². The van der Waals surface area contributed by atoms with E-state index in [1.54, 1.807) is 0 Å². The molecule has 0 aliphatic carbocycles. The number of nitrogens with two attached hydrogens (primary N) is 2. The second-order valence-electron chi connectivity index (χ2n) is 5.98. The standard InChI is InChI=1S/C11H17N4O13P3/c1-2-11(13)8(16)6(26-9(11)15-4-3-7(12)14-10(15)17)5-25-30(21,22)28-31(23,24)27-29(18,19)20/h1,3-4,6,8-9,16H,5,13H2,(H,21,22)(H,23,24)(H2,12,14,17)(H2,18,19,20)/t6-,8+,9-,11?/m1/s1. The molecule has 2 rings (SSSR count). The lowest BCUT2D eigenvalue weighted by Crippen LogP contribution is -2.54. The van der Waals surface area contributed by atoms with Crippen molar-refractivity contribution in [3.05, 3.63) is 22.7 Å². The molecule has 1 aromatic heterocycles. The zero-order chi connectivity index (χ0) is 23.8. The number of aliphatic hydroxyl groups excluding tert-OH is 1. The highest BCUT2D eigenvalue weighted by atomic mass is 31.3. The molecule has 0 spiro atoms. The number of terminal acetylenes is 1. The van der Waals surface area contributed by atoms with Gasteiger partial charge in [0.1, 0.15) is 18.0 Å². The third-order valence-corrected chi connectivity index (χ3v) is 7.53. The number of ether oxygens (including phenoxy) is 1. The second-order valence-corrected chi connectivity index (χ2v) is 10.4. The van der Waals surface area contributed by atoms with Gasteiger partial charge in [-0.3, -0.25) is 9.09 Å². The van der Waals surface area contributed by atoms with E-state index in [0.717, 1.165) is 10.8 Å². The van der Waals surface area contributed by atoms with E-state index in [2.05, 4.69) is 18.1 Å². The molecule has 3 unspecified atom stereocenters. The Morgan fingerprint density at radius 1 is 1.26 bits per heavy atom. The number of phosphoric acid groups is 3. The zero-order valence-corrected chi connectivity index (χ0v) is 17.7. The third-order valence-electron chi connectivity index (χ3n) is 3.73. The number of nitrogen functional groups attached to an aromatic ring is 1. The molecule has 17 nitrogen and oxygen atoms in total. The van der Waals surface area contributed by atoms with Gasteiger partial charge >= 0.3 is 29.2 Å². The molecule has 174 valence electrons. The van der Waals surface area contributed by atoms with Crippen LogP contribution < -0.4 is 17.2 Å². The Labute approximate surface area is 173 Å². The molecule has 1 aliphatic heterocycles. The smallest absolute Gasteiger partial charge is 0.387 e. The molecule has 9 N–H and O–H groups in total. The molecule has 2 heterocycles. The van der Waals surface area contributed by atoms with Gasteiger partial charge in [0.05, 0.1) is 6.61 Å². The minimum Gasteiger partial charge on any atom is -0.387 e. The number of aromatic nitrogens is 2. The van der Waals surface area contributed by atoms with Crippen LogP contribution in [0.1, 0.15) is 6.23 Å². The van der Waals surface area contributed by atoms with Crippen molar-refractivity contribution in [3.63, 3.8) is 0 Å². The van der Waals surface area contributed by atoms with Crippen LogP contribution in [0.15, 0.2) is 17.1 Å². The molecule has 0 saturated carbocycles. The number of hydrogen-bond donors (Lipinski definition) is 7. The highest BCUT2D eigenvalue weighted by molar-refractivity contribution is 7.66. The van der Waals surface area contributed by atoms with Crippen molar-refractivity contribution in [1.29, 1.82) is 0 Å². The molecule has 0 bridgehead atoms. The Kier molecular flexibility index (Phi) is 7.33. The Morgan fingerprint density at radius 3 is 2.39 bits per heavy atom. The van der Waals surface area contributed by atoms with E-state index < -0.39 is 59.7 Å². The van der Waals surface area contributed by atoms with Gasteiger partial charge in [-0.05, 0) is 6.07 Å². The summed E-state index contributed by atoms with van der Waals surface area (Å²) in [4.78, 5) is 51.1. The fraction of sp³-hybridized carbons (Fsp3) is 0.455. The normalized spacial score (nSPS) is 30.3. The van der Waals surface area contributed by atoms with Gasteiger partial charge in [0.2, 0.25) is 0 Å². The van der Waals surface area contributed by atoms with Gasteiger partial charge in [-0.25, -0.2) is 18.5 Å². The average Bonchev–Trinajstić information content (AvgIpc) is 2.82. The predicted molar refractivity (Wildman–Crippen MR) is 98.4 cm³/mol. The van der Waals surface area contributed by atoms with Crippen molar-refractivity contribution < 1.29 is 56.3 Å². The third kappa shape index (κ3) is 6.28. The number of hydrogen-bond acceptors (Lipinski definition) is 12. The highest BCUT2D eigenvalue weighted by Gasteiger charge is 2.55. The first-order valence-electron chi connectivity index (χ1n) is 7.73. The SMILES string of the molecule is C#CC1(N)[C@@H](O)[C@@H](COP(=O)(O)OP(=O)(O)OP(=O)(O)O)O[C@H]1n1ccc(N)nc1=O. The monoisotopic (exact) mass is 506 g/mol. The van der Waals surface area contributed by atoms with Crippen molar-refractivity contribution in [2.75, 3.05) is 12.3 Å². The lowest BCUT2D eigenvalue weighted by molar-refractivity contribution is -0.0467. The van der Waals surface area contributed by atoms with Crippen LogP contribution >= 0.6 is 23.5 Å². The largest absolute Gasteiger partial charge is 0.490 e. The molecule has 1 aromatic rings. The Balaban J connectivity index is 2.18. The maximum absolute atomic E-state index is 12.0. The zero-order valence-electron chi connectivity index (χ0n) is 15.1. The molecule has 0 amide bonds. The summed E-state index contributed by atoms with van der Waals surface area (Å²) < 4.78 is 51.4. The van der Waals surface area contributed by atoms with Crippen LogP contribution in [0.2, 0.25) is 0 Å². The van der Waals surface area contributed by atoms with Crippen molar-refractivity contribution in [1.82, 2.24) is 9.55 Å². The summed E-state index contributed by atoms with van der Waals surface area (Å²) in [7, 11) is -16.8. The Morgan fingerprint density at radius 2 is 1.87 bits per heavy atom. The van der Waals surface area contributed by atoms with Gasteiger partial charge in [-0.2, -0.15) is 13.6 Å². The maximum Gasteiger partial charge on any atom is 0.490 e. The van der Waals surface area contributed by atoms with Crippen LogP contribution in [0.3, 0.4) is 0 Å². The summed E-state index contributed by atoms with van der Waals surface area (Å²) in [6.45, 7) is -1.04. The van der Waals surface area contributed by atoms with E-state index in [9.17, 15) is 28.5 Å². The summed E-state index contributed by atoms with van der Waals surface area (Å²) in [5.41, 5.74) is 8.32. The summed E-state index contributed by atoms with van der Waals surface area (Å²) in [5, 5.41) is 10.4. The van der Waals surface area contributed by atoms with Crippen LogP contribution in [-0.4, -0.2) is 58.6 Å². The number of rotatable bonds is 8. The summed E-state index contributed by atoms with van der Waals surface area (Å²) in [5.74, 6) is 1.91. The predicted octanol–water partition coefficient (Wildman–Crippen LogP) is -2.24. The molecular weight excluding hydrogens is 489 g/mol. The van der Waals surface area contributed by atoms with Crippen molar-refractivity contribution in [2.45, 2.75) is 24.0 Å². The first-order valence-corrected chi connectivity index (χ1v) is 12.2. The molecule has 1 fully saturated rings. The minimum absolute atomic E-state index is 0.132. The number of nitrogens with zero attached hydrogens (tertiary/aromatic N) is 2. The average molecular weight is 506 g/mol. The Bertz CT molecular complexity index is 1080. The summed E-state index contributed by atoms with van der Waals surface area (Å²) in [6, 6.07) is 1.20. The summed E-state index contributed by atoms with van der Waals surface area (Å²) >= 11 is 0. The molecule has 6 atom stereocenters. The van der Waals surface area contributed by atoms with Crippen molar-refractivity contribution >= 4 is 29.3 Å². The van der Waals surface area contributed by atoms with Crippen molar-refractivity contribution in [3.8, 4) is 12.3 Å². The minimum atomic E-state index is -5.74. The fourth-order valence-electron chi connectivity index (χ4n) is 2.46. The molecule has 0 aromatic carbocycles. The van der Waals surface area contributed by atoms with Crippen LogP contribution in [-0.2, 0) is 31.6 Å². The van der Waals surface area contributed by atoms with Gasteiger partial charge in [0.15, 0.2) is 11.8 Å². The highest BCUT2D eigenvalue weighted by Crippen LogP contribution is 2.66. The van der Waals surface area contributed by atoms with Gasteiger partial charge < -0.3 is 40.9 Å². The van der Waals surface area contributed by atoms with E-state index in [1.807, 2.05) is 5.92 Å².